The highest BCUT2D eigenvalue weighted by molar-refractivity contribution is 4.86. The van der Waals surface area contributed by atoms with Crippen LogP contribution in [-0.2, 0) is 9.47 Å². The van der Waals surface area contributed by atoms with Crippen molar-refractivity contribution in [2.75, 3.05) is 19.8 Å². The second kappa shape index (κ2) is 11.4. The van der Waals surface area contributed by atoms with Crippen LogP contribution in [0.15, 0.2) is 0 Å². The first-order chi connectivity index (χ1) is 10.2. The molecule has 21 heavy (non-hydrogen) atoms. The third-order valence-electron chi connectivity index (χ3n) is 4.03. The van der Waals surface area contributed by atoms with Crippen molar-refractivity contribution >= 4 is 0 Å². The van der Waals surface area contributed by atoms with E-state index in [1.54, 1.807) is 0 Å². The van der Waals surface area contributed by atoms with Gasteiger partial charge in [-0.15, -0.1) is 0 Å². The minimum absolute atomic E-state index is 0.0456. The molecule has 126 valence electrons. The second-order valence-corrected chi connectivity index (χ2v) is 5.97. The van der Waals surface area contributed by atoms with Crippen LogP contribution < -0.4 is 0 Å². The van der Waals surface area contributed by atoms with Gasteiger partial charge in [-0.25, -0.2) is 0 Å². The molecule has 0 saturated carbocycles. The number of aliphatic hydroxyl groups is 3. The van der Waals surface area contributed by atoms with E-state index in [-0.39, 0.29) is 13.2 Å². The molecule has 5 nitrogen and oxygen atoms in total. The summed E-state index contributed by atoms with van der Waals surface area (Å²) in [5, 5.41) is 28.6. The lowest BCUT2D eigenvalue weighted by Crippen LogP contribution is -2.54. The van der Waals surface area contributed by atoms with Crippen molar-refractivity contribution in [2.45, 2.75) is 82.7 Å². The Morgan fingerprint density at radius 2 is 1.52 bits per heavy atom. The van der Waals surface area contributed by atoms with Gasteiger partial charge >= 0.3 is 0 Å². The van der Waals surface area contributed by atoms with Crippen molar-refractivity contribution in [1.29, 1.82) is 0 Å². The summed E-state index contributed by atoms with van der Waals surface area (Å²) in [4.78, 5) is 0. The predicted molar refractivity (Wildman–Crippen MR) is 81.2 cm³/mol. The van der Waals surface area contributed by atoms with Crippen LogP contribution in [0, 0.1) is 0 Å². The van der Waals surface area contributed by atoms with Gasteiger partial charge in [0.25, 0.3) is 0 Å². The Hall–Kier alpha value is -0.200. The average Bonchev–Trinajstić information content (AvgIpc) is 2.49. The van der Waals surface area contributed by atoms with E-state index in [1.807, 2.05) is 0 Å². The number of aliphatic hydroxyl groups excluding tert-OH is 3. The van der Waals surface area contributed by atoms with Crippen LogP contribution in [0.2, 0.25) is 0 Å². The highest BCUT2D eigenvalue weighted by Crippen LogP contribution is 2.16. The van der Waals surface area contributed by atoms with E-state index in [0.717, 1.165) is 6.42 Å². The molecule has 1 saturated heterocycles. The zero-order chi connectivity index (χ0) is 15.5. The first-order valence-electron chi connectivity index (χ1n) is 8.40. The van der Waals surface area contributed by atoms with Crippen molar-refractivity contribution in [2.24, 2.45) is 0 Å². The van der Waals surface area contributed by atoms with Crippen molar-refractivity contribution in [1.82, 2.24) is 0 Å². The fourth-order valence-corrected chi connectivity index (χ4v) is 2.55. The molecule has 0 aromatic rings. The third kappa shape index (κ3) is 7.56. The van der Waals surface area contributed by atoms with Gasteiger partial charge in [-0.2, -0.15) is 0 Å². The molecule has 1 fully saturated rings. The molecule has 0 unspecified atom stereocenters. The first kappa shape index (κ1) is 18.8. The molecule has 0 bridgehead atoms. The maximum atomic E-state index is 9.74. The zero-order valence-electron chi connectivity index (χ0n) is 13.2. The van der Waals surface area contributed by atoms with Gasteiger partial charge in [0.2, 0.25) is 0 Å². The van der Waals surface area contributed by atoms with E-state index in [1.165, 1.54) is 44.9 Å². The van der Waals surface area contributed by atoms with Gasteiger partial charge in [0.1, 0.15) is 24.4 Å². The van der Waals surface area contributed by atoms with Crippen molar-refractivity contribution in [3.05, 3.63) is 0 Å². The number of hydrogen-bond donors (Lipinski definition) is 3. The molecule has 1 heterocycles. The minimum Gasteiger partial charge on any atom is -0.388 e. The lowest BCUT2D eigenvalue weighted by Gasteiger charge is -2.35. The van der Waals surface area contributed by atoms with Crippen LogP contribution >= 0.6 is 0 Å². The normalized spacial score (nSPS) is 29.7. The Morgan fingerprint density at radius 3 is 2.19 bits per heavy atom. The SMILES string of the molecule is CCCCCCCCCCOC[C@H]1OC[C@H](O)[C@@H](O)[C@@H]1O. The Labute approximate surface area is 128 Å². The topological polar surface area (TPSA) is 79.2 Å². The number of rotatable bonds is 11. The van der Waals surface area contributed by atoms with Crippen LogP contribution in [0.4, 0.5) is 0 Å². The summed E-state index contributed by atoms with van der Waals surface area (Å²) in [6, 6.07) is 0. The van der Waals surface area contributed by atoms with Gasteiger partial charge in [0.05, 0.1) is 13.2 Å². The standard InChI is InChI=1S/C16H32O5/c1-2-3-4-5-6-7-8-9-10-20-12-14-16(19)15(18)13(17)11-21-14/h13-19H,2-12H2,1H3/t13-,14+,15+,16+/m0/s1. The van der Waals surface area contributed by atoms with E-state index >= 15 is 0 Å². The van der Waals surface area contributed by atoms with Crippen LogP contribution in [0.5, 0.6) is 0 Å². The van der Waals surface area contributed by atoms with Crippen molar-refractivity contribution in [3.63, 3.8) is 0 Å². The summed E-state index contributed by atoms with van der Waals surface area (Å²) in [6.45, 7) is 3.19. The maximum Gasteiger partial charge on any atom is 0.111 e. The largest absolute Gasteiger partial charge is 0.388 e. The molecule has 0 spiro atoms. The van der Waals surface area contributed by atoms with E-state index in [0.29, 0.717) is 6.61 Å². The lowest BCUT2D eigenvalue weighted by molar-refractivity contribution is -0.199. The van der Waals surface area contributed by atoms with Crippen LogP contribution in [-0.4, -0.2) is 59.6 Å². The van der Waals surface area contributed by atoms with Crippen LogP contribution in [0.3, 0.4) is 0 Å². The molecule has 1 aliphatic heterocycles. The molecule has 0 amide bonds. The van der Waals surface area contributed by atoms with E-state index in [4.69, 9.17) is 9.47 Å². The highest BCUT2D eigenvalue weighted by atomic mass is 16.6. The molecular formula is C16H32O5. The van der Waals surface area contributed by atoms with E-state index in [2.05, 4.69) is 6.92 Å². The number of hydrogen-bond acceptors (Lipinski definition) is 5. The Kier molecular flexibility index (Phi) is 10.2. The molecule has 1 rings (SSSR count). The number of ether oxygens (including phenoxy) is 2. The monoisotopic (exact) mass is 304 g/mol. The molecule has 0 aromatic carbocycles. The molecule has 0 aromatic heterocycles. The molecule has 0 radical (unpaired) electrons. The fourth-order valence-electron chi connectivity index (χ4n) is 2.55. The fraction of sp³-hybridized carbons (Fsp3) is 1.00. The van der Waals surface area contributed by atoms with Gasteiger partial charge in [-0.3, -0.25) is 0 Å². The van der Waals surface area contributed by atoms with Gasteiger partial charge in [0, 0.05) is 6.61 Å². The highest BCUT2D eigenvalue weighted by Gasteiger charge is 2.37. The Bertz CT molecular complexity index is 249. The summed E-state index contributed by atoms with van der Waals surface area (Å²) in [5.74, 6) is 0. The van der Waals surface area contributed by atoms with Gasteiger partial charge in [0.15, 0.2) is 0 Å². The second-order valence-electron chi connectivity index (χ2n) is 5.97. The summed E-state index contributed by atoms with van der Waals surface area (Å²) < 4.78 is 10.8. The lowest BCUT2D eigenvalue weighted by atomic mass is 10.0. The van der Waals surface area contributed by atoms with Gasteiger partial charge in [-0.1, -0.05) is 51.9 Å². The molecule has 0 aliphatic carbocycles. The molecule has 5 heteroatoms. The molecule has 1 aliphatic rings. The van der Waals surface area contributed by atoms with Gasteiger partial charge < -0.3 is 24.8 Å². The third-order valence-corrected chi connectivity index (χ3v) is 4.03. The quantitative estimate of drug-likeness (QED) is 0.506. The minimum atomic E-state index is -1.14. The van der Waals surface area contributed by atoms with Crippen molar-refractivity contribution < 1.29 is 24.8 Å². The zero-order valence-corrected chi connectivity index (χ0v) is 13.2. The van der Waals surface area contributed by atoms with E-state index < -0.39 is 24.4 Å². The van der Waals surface area contributed by atoms with Crippen LogP contribution in [0.1, 0.15) is 58.3 Å². The summed E-state index contributed by atoms with van der Waals surface area (Å²) in [6.07, 6.45) is 6.26. The summed E-state index contributed by atoms with van der Waals surface area (Å²) >= 11 is 0. The van der Waals surface area contributed by atoms with E-state index in [9.17, 15) is 15.3 Å². The van der Waals surface area contributed by atoms with Crippen LogP contribution in [0.25, 0.3) is 0 Å². The molecule has 3 N–H and O–H groups in total. The summed E-state index contributed by atoms with van der Waals surface area (Å²) in [5.41, 5.74) is 0. The summed E-state index contributed by atoms with van der Waals surface area (Å²) in [7, 11) is 0. The number of unbranched alkanes of at least 4 members (excludes halogenated alkanes) is 7. The molecule has 4 atom stereocenters. The average molecular weight is 304 g/mol. The smallest absolute Gasteiger partial charge is 0.111 e. The Morgan fingerprint density at radius 1 is 0.905 bits per heavy atom. The van der Waals surface area contributed by atoms with Gasteiger partial charge in [-0.05, 0) is 6.42 Å². The first-order valence-corrected chi connectivity index (χ1v) is 8.40. The predicted octanol–water partition coefficient (Wildman–Crippen LogP) is 1.63. The van der Waals surface area contributed by atoms with Crippen molar-refractivity contribution in [3.8, 4) is 0 Å². The Balaban J connectivity index is 1.92. The molecular weight excluding hydrogens is 272 g/mol. The maximum absolute atomic E-state index is 9.74.